The van der Waals surface area contributed by atoms with Gasteiger partial charge < -0.3 is 5.32 Å². The van der Waals surface area contributed by atoms with Crippen molar-refractivity contribution in [1.29, 1.82) is 0 Å². The van der Waals surface area contributed by atoms with Crippen molar-refractivity contribution >= 4 is 23.2 Å². The second-order valence-electron chi connectivity index (χ2n) is 4.23. The van der Waals surface area contributed by atoms with Gasteiger partial charge in [0.2, 0.25) is 11.8 Å². The maximum Gasteiger partial charge on any atom is 0.292 e. The molecule has 1 saturated heterocycles. The largest absolute Gasteiger partial charge is 0.383 e. The van der Waals surface area contributed by atoms with Crippen molar-refractivity contribution < 1.29 is 14.5 Å². The number of hydrogen-bond donors (Lipinski definition) is 1. The monoisotopic (exact) mass is 263 g/mol. The molecule has 1 aromatic rings. The minimum Gasteiger partial charge on any atom is -0.383 e. The molecule has 0 aliphatic carbocycles. The Balaban J connectivity index is 2.24. The zero-order valence-corrected chi connectivity index (χ0v) is 10.4. The molecular weight excluding hydrogens is 250 g/mol. The maximum atomic E-state index is 11.5. The molecule has 0 aromatic heterocycles. The van der Waals surface area contributed by atoms with E-state index in [2.05, 4.69) is 5.32 Å². The number of anilines is 1. The number of hydrogen-bond acceptors (Lipinski definition) is 5. The minimum absolute atomic E-state index is 0.0367. The highest BCUT2D eigenvalue weighted by Crippen LogP contribution is 2.26. The minimum atomic E-state index is -0.484. The van der Waals surface area contributed by atoms with Crippen LogP contribution in [0.3, 0.4) is 0 Å². The van der Waals surface area contributed by atoms with Crippen molar-refractivity contribution in [3.8, 4) is 0 Å². The maximum absolute atomic E-state index is 11.5. The molecule has 2 amide bonds. The Bertz CT molecular complexity index is 540. The van der Waals surface area contributed by atoms with E-state index in [4.69, 9.17) is 0 Å². The molecule has 0 unspecified atom stereocenters. The van der Waals surface area contributed by atoms with E-state index in [0.717, 1.165) is 0 Å². The van der Waals surface area contributed by atoms with Crippen molar-refractivity contribution in [1.82, 2.24) is 4.90 Å². The Hall–Kier alpha value is -2.44. The van der Waals surface area contributed by atoms with Gasteiger partial charge in [0.15, 0.2) is 0 Å². The van der Waals surface area contributed by atoms with Crippen molar-refractivity contribution in [2.45, 2.75) is 19.4 Å². The SMILES string of the molecule is CNc1cc(CN2C(=O)CCC2=O)ccc1[N+](=O)[O-]. The van der Waals surface area contributed by atoms with E-state index < -0.39 is 4.92 Å². The molecule has 1 aliphatic heterocycles. The summed E-state index contributed by atoms with van der Waals surface area (Å²) < 4.78 is 0. The Labute approximate surface area is 109 Å². The molecule has 0 bridgehead atoms. The van der Waals surface area contributed by atoms with E-state index in [9.17, 15) is 19.7 Å². The summed E-state index contributed by atoms with van der Waals surface area (Å²) in [4.78, 5) is 34.5. The molecule has 1 fully saturated rings. The lowest BCUT2D eigenvalue weighted by Gasteiger charge is -2.14. The average Bonchev–Trinajstić information content (AvgIpc) is 2.70. The van der Waals surface area contributed by atoms with Crippen LogP contribution in [0.4, 0.5) is 11.4 Å². The van der Waals surface area contributed by atoms with Crippen LogP contribution in [-0.4, -0.2) is 28.7 Å². The van der Waals surface area contributed by atoms with Crippen LogP contribution in [0.5, 0.6) is 0 Å². The molecule has 1 aromatic carbocycles. The number of carbonyl (C=O) groups is 2. The van der Waals surface area contributed by atoms with Gasteiger partial charge in [0.05, 0.1) is 11.5 Å². The van der Waals surface area contributed by atoms with Crippen LogP contribution >= 0.6 is 0 Å². The van der Waals surface area contributed by atoms with Crippen LogP contribution in [0.15, 0.2) is 18.2 Å². The number of nitrogens with one attached hydrogen (secondary N) is 1. The van der Waals surface area contributed by atoms with Crippen LogP contribution < -0.4 is 5.32 Å². The third-order valence-electron chi connectivity index (χ3n) is 3.02. The normalized spacial score (nSPS) is 14.9. The molecule has 0 spiro atoms. The van der Waals surface area contributed by atoms with E-state index >= 15 is 0 Å². The molecule has 1 heterocycles. The highest BCUT2D eigenvalue weighted by atomic mass is 16.6. The van der Waals surface area contributed by atoms with Crippen molar-refractivity contribution in [2.24, 2.45) is 0 Å². The van der Waals surface area contributed by atoms with Gasteiger partial charge in [-0.05, 0) is 11.6 Å². The van der Waals surface area contributed by atoms with Gasteiger partial charge in [-0.1, -0.05) is 6.07 Å². The summed E-state index contributed by atoms with van der Waals surface area (Å²) in [5.41, 5.74) is 1.01. The summed E-state index contributed by atoms with van der Waals surface area (Å²) in [5, 5.41) is 13.5. The fourth-order valence-electron chi connectivity index (χ4n) is 2.02. The lowest BCUT2D eigenvalue weighted by Crippen LogP contribution is -2.28. The number of benzene rings is 1. The molecule has 100 valence electrons. The first-order valence-electron chi connectivity index (χ1n) is 5.81. The summed E-state index contributed by atoms with van der Waals surface area (Å²) in [7, 11) is 1.58. The van der Waals surface area contributed by atoms with E-state index in [1.54, 1.807) is 19.2 Å². The summed E-state index contributed by atoms with van der Waals surface area (Å²) in [5.74, 6) is -0.399. The predicted molar refractivity (Wildman–Crippen MR) is 67.4 cm³/mol. The third kappa shape index (κ3) is 2.54. The zero-order valence-electron chi connectivity index (χ0n) is 10.4. The average molecular weight is 263 g/mol. The number of amides is 2. The van der Waals surface area contributed by atoms with Gasteiger partial charge in [-0.2, -0.15) is 0 Å². The zero-order chi connectivity index (χ0) is 14.0. The van der Waals surface area contributed by atoms with Crippen LogP contribution in [0.25, 0.3) is 0 Å². The van der Waals surface area contributed by atoms with Crippen molar-refractivity contribution in [2.75, 3.05) is 12.4 Å². The van der Waals surface area contributed by atoms with Crippen LogP contribution in [-0.2, 0) is 16.1 Å². The summed E-state index contributed by atoms with van der Waals surface area (Å²) >= 11 is 0. The quantitative estimate of drug-likeness (QED) is 0.502. The predicted octanol–water partition coefficient (Wildman–Crippen LogP) is 1.29. The first-order chi connectivity index (χ1) is 9.02. The van der Waals surface area contributed by atoms with E-state index in [-0.39, 0.29) is 36.9 Å². The van der Waals surface area contributed by atoms with Gasteiger partial charge in [0, 0.05) is 26.0 Å². The first-order valence-corrected chi connectivity index (χ1v) is 5.81. The smallest absolute Gasteiger partial charge is 0.292 e. The molecule has 0 radical (unpaired) electrons. The third-order valence-corrected chi connectivity index (χ3v) is 3.02. The Morgan fingerprint density at radius 1 is 1.32 bits per heavy atom. The summed E-state index contributed by atoms with van der Waals surface area (Å²) in [6.07, 6.45) is 0.482. The van der Waals surface area contributed by atoms with Crippen LogP contribution in [0.1, 0.15) is 18.4 Å². The standard InChI is InChI=1S/C12H13N3O4/c1-13-9-6-8(2-3-10(9)15(18)19)7-14-11(16)4-5-12(14)17/h2-3,6,13H,4-5,7H2,1H3. The molecule has 19 heavy (non-hydrogen) atoms. The highest BCUT2D eigenvalue weighted by Gasteiger charge is 2.29. The van der Waals surface area contributed by atoms with Crippen LogP contribution in [0, 0.1) is 10.1 Å². The second-order valence-corrected chi connectivity index (χ2v) is 4.23. The fraction of sp³-hybridized carbons (Fsp3) is 0.333. The molecular formula is C12H13N3O4. The van der Waals surface area contributed by atoms with E-state index in [1.165, 1.54) is 11.0 Å². The lowest BCUT2D eigenvalue weighted by atomic mass is 10.1. The first kappa shape index (κ1) is 13.0. The number of rotatable bonds is 4. The molecule has 7 heteroatoms. The number of carbonyl (C=O) groups excluding carboxylic acids is 2. The fourth-order valence-corrected chi connectivity index (χ4v) is 2.02. The second kappa shape index (κ2) is 5.05. The number of nitro benzene ring substituents is 1. The van der Waals surface area contributed by atoms with Crippen molar-refractivity contribution in [3.63, 3.8) is 0 Å². The van der Waals surface area contributed by atoms with Crippen molar-refractivity contribution in [3.05, 3.63) is 33.9 Å². The van der Waals surface area contributed by atoms with Gasteiger partial charge in [-0.3, -0.25) is 24.6 Å². The van der Waals surface area contributed by atoms with Gasteiger partial charge in [0.25, 0.3) is 5.69 Å². The number of nitro groups is 1. The molecule has 7 nitrogen and oxygen atoms in total. The van der Waals surface area contributed by atoms with E-state index in [0.29, 0.717) is 11.3 Å². The molecule has 0 saturated carbocycles. The highest BCUT2D eigenvalue weighted by molar-refractivity contribution is 6.01. The van der Waals surface area contributed by atoms with Gasteiger partial charge in [-0.25, -0.2) is 0 Å². The summed E-state index contributed by atoms with van der Waals surface area (Å²) in [6.45, 7) is 0.157. The number of imide groups is 1. The molecule has 2 rings (SSSR count). The summed E-state index contributed by atoms with van der Waals surface area (Å²) in [6, 6.07) is 4.50. The Kier molecular flexibility index (Phi) is 3.46. The topological polar surface area (TPSA) is 92.6 Å². The van der Waals surface area contributed by atoms with Gasteiger partial charge >= 0.3 is 0 Å². The van der Waals surface area contributed by atoms with Gasteiger partial charge in [-0.15, -0.1) is 0 Å². The lowest BCUT2D eigenvalue weighted by molar-refractivity contribution is -0.384. The number of nitrogens with zero attached hydrogens (tertiary/aromatic N) is 2. The van der Waals surface area contributed by atoms with E-state index in [1.807, 2.05) is 0 Å². The van der Waals surface area contributed by atoms with Crippen LogP contribution in [0.2, 0.25) is 0 Å². The van der Waals surface area contributed by atoms with Gasteiger partial charge in [0.1, 0.15) is 5.69 Å². The number of likely N-dealkylation sites (tertiary alicyclic amines) is 1. The molecule has 1 N–H and O–H groups in total. The Morgan fingerprint density at radius 2 is 1.95 bits per heavy atom. The molecule has 1 aliphatic rings. The Morgan fingerprint density at radius 3 is 2.47 bits per heavy atom. The molecule has 0 atom stereocenters.